The van der Waals surface area contributed by atoms with E-state index in [2.05, 4.69) is 5.10 Å². The first-order chi connectivity index (χ1) is 8.49. The van der Waals surface area contributed by atoms with Gasteiger partial charge in [0.25, 0.3) is 5.56 Å². The van der Waals surface area contributed by atoms with Crippen LogP contribution in [0.1, 0.15) is 32.4 Å². The molecule has 0 spiro atoms. The van der Waals surface area contributed by atoms with E-state index in [1.54, 1.807) is 6.92 Å². The van der Waals surface area contributed by atoms with E-state index in [-0.39, 0.29) is 24.6 Å². The molecule has 0 atom stereocenters. The molecule has 0 bridgehead atoms. The van der Waals surface area contributed by atoms with Crippen molar-refractivity contribution in [2.75, 3.05) is 13.7 Å². The molecule has 0 aliphatic rings. The fraction of sp³-hybridized carbons (Fsp3) is 0.583. The van der Waals surface area contributed by atoms with Gasteiger partial charge in [0.05, 0.1) is 13.7 Å². The number of carbonyl (C=O) groups is 1. The van der Waals surface area contributed by atoms with Gasteiger partial charge in [-0.1, -0.05) is 13.8 Å². The molecule has 0 amide bonds. The van der Waals surface area contributed by atoms with Crippen molar-refractivity contribution in [3.05, 3.63) is 22.1 Å². The summed E-state index contributed by atoms with van der Waals surface area (Å²) in [5, 5.41) is 4.14. The number of aromatic nitrogens is 2. The Morgan fingerprint density at radius 3 is 2.67 bits per heavy atom. The number of ether oxygens (including phenoxy) is 2. The highest BCUT2D eigenvalue weighted by molar-refractivity contribution is 5.68. The maximum absolute atomic E-state index is 11.7. The summed E-state index contributed by atoms with van der Waals surface area (Å²) < 4.78 is 11.0. The van der Waals surface area contributed by atoms with E-state index in [1.165, 1.54) is 13.2 Å². The third-order valence-electron chi connectivity index (χ3n) is 2.34. The first-order valence-corrected chi connectivity index (χ1v) is 5.81. The summed E-state index contributed by atoms with van der Waals surface area (Å²) >= 11 is 0. The Kier molecular flexibility index (Phi) is 4.88. The molecule has 1 rings (SSSR count). The zero-order valence-corrected chi connectivity index (χ0v) is 11.1. The van der Waals surface area contributed by atoms with Gasteiger partial charge in [-0.15, -0.1) is 0 Å². The minimum atomic E-state index is -0.480. The third kappa shape index (κ3) is 3.32. The van der Waals surface area contributed by atoms with Crippen LogP contribution >= 0.6 is 0 Å². The van der Waals surface area contributed by atoms with Gasteiger partial charge in [0.2, 0.25) is 0 Å². The predicted octanol–water partition coefficient (Wildman–Crippen LogP) is 0.938. The molecule has 6 nitrogen and oxygen atoms in total. The number of hydrogen-bond donors (Lipinski definition) is 0. The maximum atomic E-state index is 11.7. The summed E-state index contributed by atoms with van der Waals surface area (Å²) in [6.07, 6.45) is 0. The molecule has 0 aromatic carbocycles. The van der Waals surface area contributed by atoms with E-state index in [0.717, 1.165) is 4.68 Å². The van der Waals surface area contributed by atoms with Gasteiger partial charge in [-0.05, 0) is 6.92 Å². The van der Waals surface area contributed by atoms with Crippen LogP contribution in [0.25, 0.3) is 0 Å². The van der Waals surface area contributed by atoms with Crippen molar-refractivity contribution < 1.29 is 14.3 Å². The molecule has 0 fully saturated rings. The Hall–Kier alpha value is -1.85. The van der Waals surface area contributed by atoms with Crippen molar-refractivity contribution in [2.45, 2.75) is 33.2 Å². The number of methoxy groups -OCH3 is 1. The first-order valence-electron chi connectivity index (χ1n) is 5.81. The monoisotopic (exact) mass is 254 g/mol. The Bertz CT molecular complexity index is 479. The third-order valence-corrected chi connectivity index (χ3v) is 2.34. The molecule has 6 heteroatoms. The number of nitrogens with zero attached hydrogens (tertiary/aromatic N) is 2. The van der Waals surface area contributed by atoms with Crippen molar-refractivity contribution in [1.82, 2.24) is 9.78 Å². The van der Waals surface area contributed by atoms with E-state index in [1.807, 2.05) is 13.8 Å². The molecule has 0 aliphatic carbocycles. The van der Waals surface area contributed by atoms with Crippen molar-refractivity contribution in [3.8, 4) is 5.75 Å². The lowest BCUT2D eigenvalue weighted by Gasteiger charge is -2.12. The van der Waals surface area contributed by atoms with E-state index in [0.29, 0.717) is 11.4 Å². The highest BCUT2D eigenvalue weighted by Crippen LogP contribution is 2.21. The summed E-state index contributed by atoms with van der Waals surface area (Å²) in [4.78, 5) is 23.1. The van der Waals surface area contributed by atoms with Gasteiger partial charge in [-0.25, -0.2) is 4.68 Å². The van der Waals surface area contributed by atoms with Gasteiger partial charge in [0.15, 0.2) is 0 Å². The molecule has 0 N–H and O–H groups in total. The molecule has 0 aliphatic heterocycles. The standard InChI is InChI=1S/C12H18N2O4/c1-5-18-11(16)7-14-10(15)6-9(17-4)12(13-14)8(2)3/h6,8H,5,7H2,1-4H3. The second-order valence-corrected chi connectivity index (χ2v) is 4.05. The van der Waals surface area contributed by atoms with Gasteiger partial charge in [0, 0.05) is 12.0 Å². The smallest absolute Gasteiger partial charge is 0.327 e. The summed E-state index contributed by atoms with van der Waals surface area (Å²) in [7, 11) is 1.48. The van der Waals surface area contributed by atoms with Gasteiger partial charge in [-0.2, -0.15) is 5.10 Å². The zero-order chi connectivity index (χ0) is 13.7. The van der Waals surface area contributed by atoms with Gasteiger partial charge >= 0.3 is 5.97 Å². The Morgan fingerprint density at radius 1 is 1.50 bits per heavy atom. The molecule has 0 saturated carbocycles. The molecule has 18 heavy (non-hydrogen) atoms. The van der Waals surface area contributed by atoms with Crippen molar-refractivity contribution >= 4 is 5.97 Å². The van der Waals surface area contributed by atoms with Crippen LogP contribution in [0.15, 0.2) is 10.9 Å². The Morgan fingerprint density at radius 2 is 2.17 bits per heavy atom. The van der Waals surface area contributed by atoms with Gasteiger partial charge < -0.3 is 9.47 Å². The van der Waals surface area contributed by atoms with E-state index < -0.39 is 5.97 Å². The fourth-order valence-electron chi connectivity index (χ4n) is 1.49. The molecule has 0 radical (unpaired) electrons. The molecule has 0 unspecified atom stereocenters. The summed E-state index contributed by atoms with van der Waals surface area (Å²) in [6, 6.07) is 1.33. The quantitative estimate of drug-likeness (QED) is 0.731. The van der Waals surface area contributed by atoms with Crippen LogP contribution < -0.4 is 10.3 Å². The maximum Gasteiger partial charge on any atom is 0.327 e. The first kappa shape index (κ1) is 14.2. The van der Waals surface area contributed by atoms with Crippen molar-refractivity contribution in [2.24, 2.45) is 0 Å². The fourth-order valence-corrected chi connectivity index (χ4v) is 1.49. The normalized spacial score (nSPS) is 10.5. The van der Waals surface area contributed by atoms with Crippen LogP contribution in [0.5, 0.6) is 5.75 Å². The van der Waals surface area contributed by atoms with E-state index >= 15 is 0 Å². The number of hydrogen-bond acceptors (Lipinski definition) is 5. The van der Waals surface area contributed by atoms with Crippen LogP contribution in [0.2, 0.25) is 0 Å². The highest BCUT2D eigenvalue weighted by atomic mass is 16.5. The largest absolute Gasteiger partial charge is 0.495 e. The second kappa shape index (κ2) is 6.18. The van der Waals surface area contributed by atoms with Crippen LogP contribution in [0.3, 0.4) is 0 Å². The lowest BCUT2D eigenvalue weighted by molar-refractivity contribution is -0.144. The van der Waals surface area contributed by atoms with Crippen LogP contribution in [0, 0.1) is 0 Å². The van der Waals surface area contributed by atoms with Gasteiger partial charge in [0.1, 0.15) is 18.0 Å². The Balaban J connectivity index is 3.10. The highest BCUT2D eigenvalue weighted by Gasteiger charge is 2.14. The van der Waals surface area contributed by atoms with Crippen LogP contribution in [-0.2, 0) is 16.1 Å². The number of carbonyl (C=O) groups excluding carboxylic acids is 1. The lowest BCUT2D eigenvalue weighted by Crippen LogP contribution is -2.28. The second-order valence-electron chi connectivity index (χ2n) is 4.05. The van der Waals surface area contributed by atoms with Gasteiger partial charge in [-0.3, -0.25) is 9.59 Å². The lowest BCUT2D eigenvalue weighted by atomic mass is 10.1. The van der Waals surface area contributed by atoms with Crippen molar-refractivity contribution in [1.29, 1.82) is 0 Å². The average molecular weight is 254 g/mol. The molecule has 1 heterocycles. The SMILES string of the molecule is CCOC(=O)Cn1nc(C(C)C)c(OC)cc1=O. The summed E-state index contributed by atoms with van der Waals surface area (Å²) in [5.74, 6) is 0.0519. The molecule has 0 saturated heterocycles. The number of rotatable bonds is 5. The molecule has 100 valence electrons. The summed E-state index contributed by atoms with van der Waals surface area (Å²) in [5.41, 5.74) is 0.255. The minimum Gasteiger partial charge on any atom is -0.495 e. The molecule has 1 aromatic rings. The average Bonchev–Trinajstić information content (AvgIpc) is 2.31. The summed E-state index contributed by atoms with van der Waals surface area (Å²) in [6.45, 7) is 5.67. The van der Waals surface area contributed by atoms with Crippen LogP contribution in [-0.4, -0.2) is 29.5 Å². The molecular formula is C12H18N2O4. The topological polar surface area (TPSA) is 70.4 Å². The molecular weight excluding hydrogens is 236 g/mol. The van der Waals surface area contributed by atoms with Crippen molar-refractivity contribution in [3.63, 3.8) is 0 Å². The predicted molar refractivity (Wildman–Crippen MR) is 65.8 cm³/mol. The number of esters is 1. The molecule has 1 aromatic heterocycles. The van der Waals surface area contributed by atoms with E-state index in [9.17, 15) is 9.59 Å². The minimum absolute atomic E-state index is 0.0917. The van der Waals surface area contributed by atoms with E-state index in [4.69, 9.17) is 9.47 Å². The van der Waals surface area contributed by atoms with Crippen LogP contribution in [0.4, 0.5) is 0 Å². The Labute approximate surface area is 106 Å². The zero-order valence-electron chi connectivity index (χ0n) is 11.1.